The van der Waals surface area contributed by atoms with E-state index >= 15 is 0 Å². The Morgan fingerprint density at radius 3 is 2.54 bits per heavy atom. The van der Waals surface area contributed by atoms with Crippen LogP contribution >= 0.6 is 0 Å². The highest BCUT2D eigenvalue weighted by Crippen LogP contribution is 2.17. The lowest BCUT2D eigenvalue weighted by Crippen LogP contribution is -2.31. The van der Waals surface area contributed by atoms with Crippen molar-refractivity contribution in [3.05, 3.63) is 60.7 Å². The highest BCUT2D eigenvalue weighted by molar-refractivity contribution is 5.89. The molecule has 7 nitrogen and oxygen atoms in total. The first kappa shape index (κ1) is 15.7. The van der Waals surface area contributed by atoms with Gasteiger partial charge in [-0.05, 0) is 43.3 Å². The average Bonchev–Trinajstić information content (AvgIpc) is 3.02. The van der Waals surface area contributed by atoms with Gasteiger partial charge in [0, 0.05) is 24.5 Å². The molecule has 2 heterocycles. The summed E-state index contributed by atoms with van der Waals surface area (Å²) in [6.07, 6.45) is 3.35. The number of hydrogen-bond acceptors (Lipinski definition) is 4. The molecule has 0 fully saturated rings. The van der Waals surface area contributed by atoms with Crippen molar-refractivity contribution in [3.8, 4) is 11.4 Å². The third-order valence-electron chi connectivity index (χ3n) is 3.48. The molecular weight excluding hydrogens is 304 g/mol. The second-order valence-corrected chi connectivity index (χ2v) is 5.39. The van der Waals surface area contributed by atoms with Gasteiger partial charge in [0.05, 0.1) is 11.7 Å². The topological polar surface area (TPSA) is 84.7 Å². The summed E-state index contributed by atoms with van der Waals surface area (Å²) >= 11 is 0. The second kappa shape index (κ2) is 6.91. The summed E-state index contributed by atoms with van der Waals surface area (Å²) in [6, 6.07) is 12.5. The Morgan fingerprint density at radius 2 is 1.92 bits per heavy atom. The molecule has 0 spiro atoms. The smallest absolute Gasteiger partial charge is 0.319 e. The van der Waals surface area contributed by atoms with Gasteiger partial charge in [-0.1, -0.05) is 6.07 Å². The first-order valence-electron chi connectivity index (χ1n) is 7.56. The standard InChI is InChI=1S/C17H18N6O/c1-12(15-5-3-4-10-18-15)20-17(24)21-14-8-6-13(7-9-14)16-19-11-23(2)22-16/h3-12H,1-2H3,(H2,20,21,24)/t12-/m0/s1. The van der Waals surface area contributed by atoms with Gasteiger partial charge in [0.1, 0.15) is 6.33 Å². The van der Waals surface area contributed by atoms with Crippen LogP contribution in [0.5, 0.6) is 0 Å². The minimum atomic E-state index is -0.281. The molecule has 24 heavy (non-hydrogen) atoms. The van der Waals surface area contributed by atoms with Crippen LogP contribution in [0, 0.1) is 0 Å². The maximum Gasteiger partial charge on any atom is 0.319 e. The summed E-state index contributed by atoms with van der Waals surface area (Å²) in [6.45, 7) is 1.89. The van der Waals surface area contributed by atoms with Gasteiger partial charge >= 0.3 is 6.03 Å². The van der Waals surface area contributed by atoms with E-state index < -0.39 is 0 Å². The zero-order valence-corrected chi connectivity index (χ0v) is 13.5. The quantitative estimate of drug-likeness (QED) is 0.773. The Bertz CT molecular complexity index is 813. The van der Waals surface area contributed by atoms with Crippen LogP contribution in [0.4, 0.5) is 10.5 Å². The molecule has 0 aliphatic heterocycles. The summed E-state index contributed by atoms with van der Waals surface area (Å²) in [5.41, 5.74) is 2.40. The van der Waals surface area contributed by atoms with Crippen LogP contribution in [0.2, 0.25) is 0 Å². The van der Waals surface area contributed by atoms with Gasteiger partial charge in [0.25, 0.3) is 0 Å². The van der Waals surface area contributed by atoms with E-state index in [1.165, 1.54) is 0 Å². The molecule has 0 aliphatic carbocycles. The Morgan fingerprint density at radius 1 is 1.12 bits per heavy atom. The molecule has 2 N–H and O–H groups in total. The number of nitrogens with one attached hydrogen (secondary N) is 2. The highest BCUT2D eigenvalue weighted by atomic mass is 16.2. The Hall–Kier alpha value is -3.22. The largest absolute Gasteiger partial charge is 0.330 e. The van der Waals surface area contributed by atoms with Crippen molar-refractivity contribution in [2.24, 2.45) is 7.05 Å². The van der Waals surface area contributed by atoms with Gasteiger partial charge in [-0.25, -0.2) is 9.78 Å². The third kappa shape index (κ3) is 3.75. The summed E-state index contributed by atoms with van der Waals surface area (Å²) in [7, 11) is 1.82. The SMILES string of the molecule is C[C@H](NC(=O)Nc1ccc(-c2ncn(C)n2)cc1)c1ccccn1. The van der Waals surface area contributed by atoms with Crippen LogP contribution < -0.4 is 10.6 Å². The fourth-order valence-corrected chi connectivity index (χ4v) is 2.24. The van der Waals surface area contributed by atoms with Crippen molar-refractivity contribution in [2.75, 3.05) is 5.32 Å². The average molecular weight is 322 g/mol. The maximum absolute atomic E-state index is 12.1. The number of aromatic nitrogens is 4. The fourth-order valence-electron chi connectivity index (χ4n) is 2.24. The number of nitrogens with zero attached hydrogens (tertiary/aromatic N) is 4. The van der Waals surface area contributed by atoms with Crippen LogP contribution in [-0.4, -0.2) is 25.8 Å². The number of amides is 2. The number of rotatable bonds is 4. The van der Waals surface area contributed by atoms with Gasteiger partial charge in [-0.15, -0.1) is 0 Å². The van der Waals surface area contributed by atoms with Crippen molar-refractivity contribution < 1.29 is 4.79 Å². The molecule has 3 rings (SSSR count). The molecule has 1 atom stereocenters. The second-order valence-electron chi connectivity index (χ2n) is 5.39. The lowest BCUT2D eigenvalue weighted by Gasteiger charge is -2.14. The predicted octanol–water partition coefficient (Wildman–Crippen LogP) is 2.76. The van der Waals surface area contributed by atoms with Crippen LogP contribution in [-0.2, 0) is 7.05 Å². The number of urea groups is 1. The zero-order valence-electron chi connectivity index (χ0n) is 13.5. The minimum absolute atomic E-state index is 0.178. The number of benzene rings is 1. The summed E-state index contributed by atoms with van der Waals surface area (Å²) in [4.78, 5) is 20.5. The molecule has 0 unspecified atom stereocenters. The molecule has 0 bridgehead atoms. The van der Waals surface area contributed by atoms with Crippen molar-refractivity contribution in [2.45, 2.75) is 13.0 Å². The van der Waals surface area contributed by atoms with Gasteiger partial charge in [-0.2, -0.15) is 5.10 Å². The normalized spacial score (nSPS) is 11.8. The molecule has 0 saturated heterocycles. The van der Waals surface area contributed by atoms with Crippen LogP contribution in [0.1, 0.15) is 18.7 Å². The lowest BCUT2D eigenvalue weighted by molar-refractivity contribution is 0.249. The molecule has 1 aromatic carbocycles. The van der Waals surface area contributed by atoms with Crippen LogP contribution in [0.15, 0.2) is 55.0 Å². The van der Waals surface area contributed by atoms with Crippen LogP contribution in [0.25, 0.3) is 11.4 Å². The van der Waals surface area contributed by atoms with Crippen molar-refractivity contribution in [1.82, 2.24) is 25.1 Å². The predicted molar refractivity (Wildman–Crippen MR) is 91.2 cm³/mol. The number of pyridine rings is 1. The number of hydrogen-bond donors (Lipinski definition) is 2. The fraction of sp³-hybridized carbons (Fsp3) is 0.176. The molecular formula is C17H18N6O. The van der Waals surface area contributed by atoms with E-state index in [0.29, 0.717) is 11.5 Å². The molecule has 2 amide bonds. The number of aryl methyl sites for hydroxylation is 1. The Labute approximate surface area is 139 Å². The molecule has 0 saturated carbocycles. The molecule has 0 aliphatic rings. The van der Waals surface area contributed by atoms with Crippen molar-refractivity contribution >= 4 is 11.7 Å². The first-order chi connectivity index (χ1) is 11.6. The summed E-state index contributed by atoms with van der Waals surface area (Å²) in [5, 5.41) is 9.90. The number of carbonyl (C=O) groups excluding carboxylic acids is 1. The highest BCUT2D eigenvalue weighted by Gasteiger charge is 2.10. The monoisotopic (exact) mass is 322 g/mol. The van der Waals surface area contributed by atoms with E-state index in [1.807, 2.05) is 56.4 Å². The molecule has 3 aromatic rings. The van der Waals surface area contributed by atoms with Crippen molar-refractivity contribution in [3.63, 3.8) is 0 Å². The van der Waals surface area contributed by atoms with E-state index in [9.17, 15) is 4.79 Å². The Balaban J connectivity index is 1.60. The van der Waals surface area contributed by atoms with E-state index in [-0.39, 0.29) is 12.1 Å². The van der Waals surface area contributed by atoms with E-state index in [2.05, 4.69) is 25.7 Å². The van der Waals surface area contributed by atoms with Gasteiger partial charge < -0.3 is 10.6 Å². The number of anilines is 1. The van der Waals surface area contributed by atoms with E-state index in [4.69, 9.17) is 0 Å². The molecule has 2 aromatic heterocycles. The maximum atomic E-state index is 12.1. The van der Waals surface area contributed by atoms with E-state index in [0.717, 1.165) is 11.3 Å². The lowest BCUT2D eigenvalue weighted by atomic mass is 10.2. The van der Waals surface area contributed by atoms with E-state index in [1.54, 1.807) is 17.2 Å². The summed E-state index contributed by atoms with van der Waals surface area (Å²) < 4.78 is 1.65. The van der Waals surface area contributed by atoms with Gasteiger partial charge in [-0.3, -0.25) is 9.67 Å². The summed E-state index contributed by atoms with van der Waals surface area (Å²) in [5.74, 6) is 0.650. The minimum Gasteiger partial charge on any atom is -0.330 e. The molecule has 122 valence electrons. The molecule has 0 radical (unpaired) electrons. The van der Waals surface area contributed by atoms with Crippen LogP contribution in [0.3, 0.4) is 0 Å². The third-order valence-corrected chi connectivity index (χ3v) is 3.48. The van der Waals surface area contributed by atoms with Crippen molar-refractivity contribution in [1.29, 1.82) is 0 Å². The first-order valence-corrected chi connectivity index (χ1v) is 7.56. The molecule has 7 heteroatoms. The number of carbonyl (C=O) groups is 1. The van der Waals surface area contributed by atoms with Gasteiger partial charge in [0.2, 0.25) is 0 Å². The zero-order chi connectivity index (χ0) is 16.9. The Kier molecular flexibility index (Phi) is 4.51. The van der Waals surface area contributed by atoms with Gasteiger partial charge in [0.15, 0.2) is 5.82 Å².